The van der Waals surface area contributed by atoms with Crippen LogP contribution >= 0.6 is 0 Å². The molecule has 0 saturated carbocycles. The minimum Gasteiger partial charge on any atom is -0.398 e. The molecule has 0 heterocycles. The summed E-state index contributed by atoms with van der Waals surface area (Å²) in [6, 6.07) is 7.61. The first kappa shape index (κ1) is 10.4. The molecule has 0 aliphatic carbocycles. The van der Waals surface area contributed by atoms with Crippen molar-refractivity contribution in [2.24, 2.45) is 0 Å². The second-order valence-electron chi connectivity index (χ2n) is 3.06. The molecule has 74 valence electrons. The van der Waals surface area contributed by atoms with Crippen LogP contribution in [-0.4, -0.2) is 13.1 Å². The number of nitrogen functional groups attached to an aromatic ring is 1. The second kappa shape index (κ2) is 4.52. The van der Waals surface area contributed by atoms with E-state index in [1.54, 1.807) is 6.07 Å². The Balaban J connectivity index is 3.02. The summed E-state index contributed by atoms with van der Waals surface area (Å²) in [7, 11) is 0. The van der Waals surface area contributed by atoms with E-state index in [9.17, 15) is 0 Å². The Hall–Kier alpha value is -1.69. The lowest BCUT2D eigenvalue weighted by molar-refractivity contribution is 0.866. The van der Waals surface area contributed by atoms with Crippen molar-refractivity contribution < 1.29 is 0 Å². The van der Waals surface area contributed by atoms with E-state index in [2.05, 4.69) is 24.8 Å². The first-order chi connectivity index (χ1) is 6.72. The minimum absolute atomic E-state index is 0.543. The molecular formula is C11H15N3. The predicted octanol–water partition coefficient (Wildman–Crippen LogP) is 1.99. The molecule has 3 heteroatoms. The fourth-order valence-electron chi connectivity index (χ4n) is 1.44. The first-order valence-electron chi connectivity index (χ1n) is 4.77. The Bertz CT molecular complexity index is 348. The second-order valence-corrected chi connectivity index (χ2v) is 3.06. The van der Waals surface area contributed by atoms with Crippen molar-refractivity contribution in [2.75, 3.05) is 23.7 Å². The molecule has 14 heavy (non-hydrogen) atoms. The van der Waals surface area contributed by atoms with Gasteiger partial charge >= 0.3 is 0 Å². The van der Waals surface area contributed by atoms with Gasteiger partial charge in [0.2, 0.25) is 0 Å². The van der Waals surface area contributed by atoms with Gasteiger partial charge in [-0.3, -0.25) is 0 Å². The van der Waals surface area contributed by atoms with Crippen molar-refractivity contribution in [1.82, 2.24) is 0 Å². The number of hydrogen-bond acceptors (Lipinski definition) is 3. The van der Waals surface area contributed by atoms with Crippen LogP contribution in [0.4, 0.5) is 11.4 Å². The van der Waals surface area contributed by atoms with E-state index < -0.39 is 0 Å². The number of nitrogens with zero attached hydrogens (tertiary/aromatic N) is 2. The van der Waals surface area contributed by atoms with E-state index >= 15 is 0 Å². The van der Waals surface area contributed by atoms with Crippen LogP contribution in [0.25, 0.3) is 0 Å². The Morgan fingerprint density at radius 2 is 2.00 bits per heavy atom. The molecule has 0 atom stereocenters. The van der Waals surface area contributed by atoms with Crippen LogP contribution in [0.15, 0.2) is 18.2 Å². The van der Waals surface area contributed by atoms with Gasteiger partial charge in [0.05, 0.1) is 11.3 Å². The summed E-state index contributed by atoms with van der Waals surface area (Å²) < 4.78 is 0. The van der Waals surface area contributed by atoms with Crippen molar-refractivity contribution in [3.63, 3.8) is 0 Å². The molecular weight excluding hydrogens is 174 g/mol. The molecule has 0 unspecified atom stereocenters. The van der Waals surface area contributed by atoms with Gasteiger partial charge in [-0.15, -0.1) is 0 Å². The molecule has 2 N–H and O–H groups in total. The lowest BCUT2D eigenvalue weighted by atomic mass is 10.1. The van der Waals surface area contributed by atoms with E-state index in [1.165, 1.54) is 0 Å². The average molecular weight is 189 g/mol. The van der Waals surface area contributed by atoms with Crippen LogP contribution in [0, 0.1) is 11.3 Å². The van der Waals surface area contributed by atoms with Gasteiger partial charge in [0.15, 0.2) is 0 Å². The van der Waals surface area contributed by atoms with Crippen LogP contribution in [-0.2, 0) is 0 Å². The third-order valence-corrected chi connectivity index (χ3v) is 2.28. The van der Waals surface area contributed by atoms with Crippen LogP contribution in [0.3, 0.4) is 0 Å². The van der Waals surface area contributed by atoms with Crippen molar-refractivity contribution in [3.8, 4) is 6.07 Å². The molecule has 0 spiro atoms. The molecule has 1 aromatic rings. The Morgan fingerprint density at radius 3 is 2.43 bits per heavy atom. The standard InChI is InChI=1S/C11H15N3/c1-3-14(4-2)10-6-5-9(8-12)11(13)7-10/h5-7H,3-4,13H2,1-2H3. The van der Waals surface area contributed by atoms with Crippen molar-refractivity contribution in [1.29, 1.82) is 5.26 Å². The molecule has 0 aliphatic heterocycles. The molecule has 3 nitrogen and oxygen atoms in total. The average Bonchev–Trinajstić information content (AvgIpc) is 2.20. The first-order valence-corrected chi connectivity index (χ1v) is 4.77. The lowest BCUT2D eigenvalue weighted by Crippen LogP contribution is -2.21. The smallest absolute Gasteiger partial charge is 0.101 e. The SMILES string of the molecule is CCN(CC)c1ccc(C#N)c(N)c1. The molecule has 0 aliphatic rings. The number of anilines is 2. The summed E-state index contributed by atoms with van der Waals surface area (Å²) in [6.07, 6.45) is 0. The van der Waals surface area contributed by atoms with Gasteiger partial charge in [-0.05, 0) is 32.0 Å². The molecule has 0 bridgehead atoms. The van der Waals surface area contributed by atoms with E-state index in [1.807, 2.05) is 12.1 Å². The monoisotopic (exact) mass is 189 g/mol. The van der Waals surface area contributed by atoms with E-state index in [4.69, 9.17) is 11.0 Å². The number of rotatable bonds is 3. The highest BCUT2D eigenvalue weighted by molar-refractivity contribution is 5.63. The Labute approximate surface area is 84.7 Å². The largest absolute Gasteiger partial charge is 0.398 e. The summed E-state index contributed by atoms with van der Waals surface area (Å²) in [5.74, 6) is 0. The molecule has 0 amide bonds. The summed E-state index contributed by atoms with van der Waals surface area (Å²) in [5.41, 5.74) is 7.90. The van der Waals surface area contributed by atoms with Crippen molar-refractivity contribution >= 4 is 11.4 Å². The summed E-state index contributed by atoms with van der Waals surface area (Å²) in [5, 5.41) is 8.72. The number of benzene rings is 1. The molecule has 0 fully saturated rings. The Morgan fingerprint density at radius 1 is 1.36 bits per heavy atom. The van der Waals surface area contributed by atoms with Gasteiger partial charge in [-0.1, -0.05) is 0 Å². The van der Waals surface area contributed by atoms with Crippen LogP contribution in [0.5, 0.6) is 0 Å². The van der Waals surface area contributed by atoms with Crippen molar-refractivity contribution in [2.45, 2.75) is 13.8 Å². The van der Waals surface area contributed by atoms with Gasteiger partial charge in [0, 0.05) is 18.8 Å². The molecule has 1 aromatic carbocycles. The molecule has 1 rings (SSSR count). The fourth-order valence-corrected chi connectivity index (χ4v) is 1.44. The summed E-state index contributed by atoms with van der Waals surface area (Å²) >= 11 is 0. The highest BCUT2D eigenvalue weighted by Gasteiger charge is 2.04. The van der Waals surface area contributed by atoms with Gasteiger partial charge < -0.3 is 10.6 Å². The Kier molecular flexibility index (Phi) is 3.35. The maximum absolute atomic E-state index is 8.72. The number of nitriles is 1. The summed E-state index contributed by atoms with van der Waals surface area (Å²) in [4.78, 5) is 2.19. The van der Waals surface area contributed by atoms with Gasteiger partial charge in [0.25, 0.3) is 0 Å². The highest BCUT2D eigenvalue weighted by atomic mass is 15.1. The lowest BCUT2D eigenvalue weighted by Gasteiger charge is -2.21. The highest BCUT2D eigenvalue weighted by Crippen LogP contribution is 2.20. The zero-order valence-electron chi connectivity index (χ0n) is 8.62. The van der Waals surface area contributed by atoms with Gasteiger partial charge in [0.1, 0.15) is 6.07 Å². The van der Waals surface area contributed by atoms with Gasteiger partial charge in [-0.2, -0.15) is 5.26 Å². The van der Waals surface area contributed by atoms with Crippen LogP contribution < -0.4 is 10.6 Å². The quantitative estimate of drug-likeness (QED) is 0.740. The maximum atomic E-state index is 8.72. The normalized spacial score (nSPS) is 9.50. The fraction of sp³-hybridized carbons (Fsp3) is 0.364. The minimum atomic E-state index is 0.543. The third kappa shape index (κ3) is 1.97. The topological polar surface area (TPSA) is 53.0 Å². The molecule has 0 saturated heterocycles. The van der Waals surface area contributed by atoms with Crippen LogP contribution in [0.2, 0.25) is 0 Å². The van der Waals surface area contributed by atoms with E-state index in [-0.39, 0.29) is 0 Å². The maximum Gasteiger partial charge on any atom is 0.101 e. The van der Waals surface area contributed by atoms with E-state index in [0.717, 1.165) is 18.8 Å². The van der Waals surface area contributed by atoms with Crippen LogP contribution in [0.1, 0.15) is 19.4 Å². The molecule has 0 aromatic heterocycles. The predicted molar refractivity (Wildman–Crippen MR) is 59.1 cm³/mol. The number of hydrogen-bond donors (Lipinski definition) is 1. The third-order valence-electron chi connectivity index (χ3n) is 2.28. The molecule has 0 radical (unpaired) electrons. The zero-order valence-corrected chi connectivity index (χ0v) is 8.62. The summed E-state index contributed by atoms with van der Waals surface area (Å²) in [6.45, 7) is 6.08. The number of nitrogens with two attached hydrogens (primary N) is 1. The zero-order chi connectivity index (χ0) is 10.6. The van der Waals surface area contributed by atoms with Crippen molar-refractivity contribution in [3.05, 3.63) is 23.8 Å². The van der Waals surface area contributed by atoms with Gasteiger partial charge in [-0.25, -0.2) is 0 Å². The van der Waals surface area contributed by atoms with E-state index in [0.29, 0.717) is 11.3 Å².